The largest absolute Gasteiger partial charge is 0.490 e. The lowest BCUT2D eigenvalue weighted by Gasteiger charge is -2.05. The monoisotopic (exact) mass is 216 g/mol. The Labute approximate surface area is 86.6 Å². The van der Waals surface area contributed by atoms with E-state index in [1.54, 1.807) is 0 Å². The highest BCUT2D eigenvalue weighted by atomic mass is 35.5. The van der Waals surface area contributed by atoms with Gasteiger partial charge in [-0.05, 0) is 24.6 Å². The molecule has 0 atom stereocenters. The second kappa shape index (κ2) is 5.60. The Bertz CT molecular complexity index is 315. The average molecular weight is 217 g/mol. The molecule has 0 unspecified atom stereocenters. The maximum Gasteiger partial charge on any atom is 0.165 e. The van der Waals surface area contributed by atoms with Crippen LogP contribution in [0.2, 0.25) is 0 Å². The third-order valence-electron chi connectivity index (χ3n) is 1.63. The Morgan fingerprint density at radius 1 is 1.50 bits per heavy atom. The third kappa shape index (κ3) is 3.00. The highest BCUT2D eigenvalue weighted by Crippen LogP contribution is 2.17. The van der Waals surface area contributed by atoms with E-state index >= 15 is 0 Å². The van der Waals surface area contributed by atoms with Gasteiger partial charge in [0.1, 0.15) is 6.29 Å². The number of benzene rings is 1. The van der Waals surface area contributed by atoms with Gasteiger partial charge in [-0.2, -0.15) is 0 Å². The summed E-state index contributed by atoms with van der Waals surface area (Å²) in [5.41, 5.74) is 0.298. The minimum Gasteiger partial charge on any atom is -0.490 e. The van der Waals surface area contributed by atoms with Gasteiger partial charge in [-0.25, -0.2) is 4.39 Å². The summed E-state index contributed by atoms with van der Waals surface area (Å²) in [5.74, 6) is 0.110. The molecule has 0 heterocycles. The summed E-state index contributed by atoms with van der Waals surface area (Å²) in [7, 11) is 0. The first-order valence-corrected chi connectivity index (χ1v) is 4.75. The van der Waals surface area contributed by atoms with Crippen LogP contribution in [0.3, 0.4) is 0 Å². The lowest BCUT2D eigenvalue weighted by molar-refractivity contribution is 0.112. The molecular weight excluding hydrogens is 207 g/mol. The van der Waals surface area contributed by atoms with Gasteiger partial charge in [0.25, 0.3) is 0 Å². The predicted octanol–water partition coefficient (Wildman–Crippen LogP) is 2.65. The number of hydrogen-bond acceptors (Lipinski definition) is 2. The quantitative estimate of drug-likeness (QED) is 0.430. The fourth-order valence-corrected chi connectivity index (χ4v) is 1.05. The molecular formula is C10H10ClFO2. The Balaban J connectivity index is 2.64. The summed E-state index contributed by atoms with van der Waals surface area (Å²) in [4.78, 5) is 10.3. The molecule has 0 saturated carbocycles. The van der Waals surface area contributed by atoms with E-state index in [2.05, 4.69) is 0 Å². The van der Waals surface area contributed by atoms with E-state index in [-0.39, 0.29) is 5.75 Å². The molecule has 0 radical (unpaired) electrons. The molecule has 1 rings (SSSR count). The van der Waals surface area contributed by atoms with Crippen LogP contribution in [0.15, 0.2) is 18.2 Å². The zero-order valence-electron chi connectivity index (χ0n) is 7.50. The SMILES string of the molecule is O=Cc1ccc(OCCCCl)c(F)c1. The van der Waals surface area contributed by atoms with Crippen molar-refractivity contribution >= 4 is 17.9 Å². The number of hydrogen-bond donors (Lipinski definition) is 0. The van der Waals surface area contributed by atoms with Gasteiger partial charge in [0.2, 0.25) is 0 Å². The minimum atomic E-state index is -0.524. The van der Waals surface area contributed by atoms with Gasteiger partial charge >= 0.3 is 0 Å². The first kappa shape index (κ1) is 11.0. The van der Waals surface area contributed by atoms with Crippen LogP contribution in [-0.2, 0) is 0 Å². The highest BCUT2D eigenvalue weighted by Gasteiger charge is 2.03. The van der Waals surface area contributed by atoms with Crippen LogP contribution in [0.1, 0.15) is 16.8 Å². The number of rotatable bonds is 5. The topological polar surface area (TPSA) is 26.3 Å². The molecule has 4 heteroatoms. The average Bonchev–Trinajstić information content (AvgIpc) is 2.20. The Morgan fingerprint density at radius 3 is 2.86 bits per heavy atom. The number of ether oxygens (including phenoxy) is 1. The standard InChI is InChI=1S/C10H10ClFO2/c11-4-1-5-14-10-3-2-8(7-13)6-9(10)12/h2-3,6-7H,1,4-5H2. The summed E-state index contributed by atoms with van der Waals surface area (Å²) in [6.45, 7) is 0.376. The summed E-state index contributed by atoms with van der Waals surface area (Å²) < 4.78 is 18.2. The zero-order valence-corrected chi connectivity index (χ0v) is 8.26. The molecule has 0 aliphatic carbocycles. The molecule has 0 amide bonds. The number of aldehydes is 1. The van der Waals surface area contributed by atoms with E-state index in [0.29, 0.717) is 30.8 Å². The molecule has 0 aromatic heterocycles. The molecule has 2 nitrogen and oxygen atoms in total. The van der Waals surface area contributed by atoms with Crippen molar-refractivity contribution in [3.05, 3.63) is 29.6 Å². The molecule has 76 valence electrons. The van der Waals surface area contributed by atoms with Crippen LogP contribution >= 0.6 is 11.6 Å². The first-order chi connectivity index (χ1) is 6.77. The van der Waals surface area contributed by atoms with Gasteiger partial charge in [-0.15, -0.1) is 11.6 Å². The number of alkyl halides is 1. The van der Waals surface area contributed by atoms with Gasteiger partial charge in [-0.1, -0.05) is 0 Å². The second-order valence-corrected chi connectivity index (χ2v) is 3.08. The summed E-state index contributed by atoms with van der Waals surface area (Å²) in [5, 5.41) is 0. The third-order valence-corrected chi connectivity index (χ3v) is 1.89. The zero-order chi connectivity index (χ0) is 10.4. The van der Waals surface area contributed by atoms with Crippen LogP contribution in [0.5, 0.6) is 5.75 Å². The molecule has 0 bridgehead atoms. The highest BCUT2D eigenvalue weighted by molar-refractivity contribution is 6.17. The van der Waals surface area contributed by atoms with Gasteiger partial charge in [-0.3, -0.25) is 4.79 Å². The van der Waals surface area contributed by atoms with Crippen molar-refractivity contribution in [2.75, 3.05) is 12.5 Å². The lowest BCUT2D eigenvalue weighted by Crippen LogP contribution is -2.00. The minimum absolute atomic E-state index is 0.153. The van der Waals surface area contributed by atoms with Crippen molar-refractivity contribution in [3.63, 3.8) is 0 Å². The van der Waals surface area contributed by atoms with E-state index < -0.39 is 5.82 Å². The van der Waals surface area contributed by atoms with Crippen LogP contribution in [0.4, 0.5) is 4.39 Å². The summed E-state index contributed by atoms with van der Waals surface area (Å²) in [6, 6.07) is 4.09. The van der Waals surface area contributed by atoms with Gasteiger partial charge in [0, 0.05) is 11.4 Å². The van der Waals surface area contributed by atoms with Crippen LogP contribution in [0.25, 0.3) is 0 Å². The Hall–Kier alpha value is -1.09. The molecule has 0 N–H and O–H groups in total. The van der Waals surface area contributed by atoms with Gasteiger partial charge < -0.3 is 4.74 Å². The van der Waals surface area contributed by atoms with Crippen molar-refractivity contribution in [2.45, 2.75) is 6.42 Å². The van der Waals surface area contributed by atoms with E-state index in [1.165, 1.54) is 12.1 Å². The smallest absolute Gasteiger partial charge is 0.165 e. The maximum absolute atomic E-state index is 13.1. The summed E-state index contributed by atoms with van der Waals surface area (Å²) >= 11 is 5.44. The molecule has 0 saturated heterocycles. The van der Waals surface area contributed by atoms with E-state index in [4.69, 9.17) is 16.3 Å². The van der Waals surface area contributed by atoms with Crippen LogP contribution in [-0.4, -0.2) is 18.8 Å². The normalized spacial score (nSPS) is 9.86. The lowest BCUT2D eigenvalue weighted by atomic mass is 10.2. The van der Waals surface area contributed by atoms with Gasteiger partial charge in [0.15, 0.2) is 11.6 Å². The Kier molecular flexibility index (Phi) is 4.40. The van der Waals surface area contributed by atoms with E-state index in [1.807, 2.05) is 0 Å². The van der Waals surface area contributed by atoms with Crippen molar-refractivity contribution in [3.8, 4) is 5.75 Å². The number of carbonyl (C=O) groups excluding carboxylic acids is 1. The van der Waals surface area contributed by atoms with Crippen molar-refractivity contribution in [1.82, 2.24) is 0 Å². The van der Waals surface area contributed by atoms with Crippen LogP contribution in [0, 0.1) is 5.82 Å². The molecule has 1 aromatic carbocycles. The Morgan fingerprint density at radius 2 is 2.29 bits per heavy atom. The molecule has 14 heavy (non-hydrogen) atoms. The van der Waals surface area contributed by atoms with E-state index in [0.717, 1.165) is 6.07 Å². The molecule has 0 fully saturated rings. The maximum atomic E-state index is 13.1. The fraction of sp³-hybridized carbons (Fsp3) is 0.300. The van der Waals surface area contributed by atoms with Crippen LogP contribution < -0.4 is 4.74 Å². The number of halogens is 2. The molecule has 0 aliphatic heterocycles. The first-order valence-electron chi connectivity index (χ1n) is 4.21. The van der Waals surface area contributed by atoms with Crippen molar-refractivity contribution < 1.29 is 13.9 Å². The van der Waals surface area contributed by atoms with Crippen molar-refractivity contribution in [2.24, 2.45) is 0 Å². The molecule has 0 spiro atoms. The summed E-state index contributed by atoms with van der Waals surface area (Å²) in [6.07, 6.45) is 1.25. The predicted molar refractivity (Wildman–Crippen MR) is 52.6 cm³/mol. The van der Waals surface area contributed by atoms with Gasteiger partial charge in [0.05, 0.1) is 6.61 Å². The number of carbonyl (C=O) groups is 1. The molecule has 0 aliphatic rings. The second-order valence-electron chi connectivity index (χ2n) is 2.70. The van der Waals surface area contributed by atoms with E-state index in [9.17, 15) is 9.18 Å². The molecule has 1 aromatic rings. The fourth-order valence-electron chi connectivity index (χ4n) is 0.944. The van der Waals surface area contributed by atoms with Crippen molar-refractivity contribution in [1.29, 1.82) is 0 Å².